The monoisotopic (exact) mass is 446 g/mol. The number of carboxylic acids is 1. The van der Waals surface area contributed by atoms with Crippen molar-refractivity contribution in [3.05, 3.63) is 29.3 Å². The minimum absolute atomic E-state index is 0.0338. The standard InChI is InChI=1S/C19H30N2O6S2/c1-4-20(5-2)10-6-11-21(17-9-12-28(24,25)14-17)29(26,27)18-13-16(19(22)23)8-7-15(18)3/h7-8,13,17H,4-6,9-12,14H2,1-3H3,(H,22,23)/t17-/m1/s1. The number of carboxylic acid groups (broad SMARTS) is 1. The van der Waals surface area contributed by atoms with Crippen LogP contribution in [0.2, 0.25) is 0 Å². The lowest BCUT2D eigenvalue weighted by Gasteiger charge is -2.29. The van der Waals surface area contributed by atoms with E-state index in [1.807, 2.05) is 13.8 Å². The van der Waals surface area contributed by atoms with Gasteiger partial charge in [0, 0.05) is 12.6 Å². The zero-order chi connectivity index (χ0) is 21.8. The molecule has 164 valence electrons. The van der Waals surface area contributed by atoms with E-state index in [2.05, 4.69) is 4.90 Å². The van der Waals surface area contributed by atoms with Gasteiger partial charge in [-0.05, 0) is 57.1 Å². The van der Waals surface area contributed by atoms with Crippen molar-refractivity contribution < 1.29 is 26.7 Å². The second kappa shape index (κ2) is 9.55. The van der Waals surface area contributed by atoms with Crippen molar-refractivity contribution in [2.45, 2.75) is 44.6 Å². The fourth-order valence-corrected chi connectivity index (χ4v) is 7.40. The van der Waals surface area contributed by atoms with Gasteiger partial charge < -0.3 is 10.0 Å². The second-order valence-corrected chi connectivity index (χ2v) is 11.4. The van der Waals surface area contributed by atoms with E-state index in [9.17, 15) is 26.7 Å². The summed E-state index contributed by atoms with van der Waals surface area (Å²) < 4.78 is 52.2. The molecule has 1 fully saturated rings. The molecule has 0 bridgehead atoms. The van der Waals surface area contributed by atoms with Crippen LogP contribution in [0.1, 0.15) is 42.6 Å². The van der Waals surface area contributed by atoms with Crippen LogP contribution in [0.4, 0.5) is 0 Å². The quantitative estimate of drug-likeness (QED) is 0.581. The number of sulfone groups is 1. The highest BCUT2D eigenvalue weighted by Gasteiger charge is 2.39. The third-order valence-electron chi connectivity index (χ3n) is 5.38. The molecule has 0 spiro atoms. The van der Waals surface area contributed by atoms with Crippen molar-refractivity contribution in [1.82, 2.24) is 9.21 Å². The Labute approximate surface area is 173 Å². The highest BCUT2D eigenvalue weighted by Crippen LogP contribution is 2.28. The molecule has 1 aliphatic rings. The molecule has 1 aromatic carbocycles. The number of hydrogen-bond acceptors (Lipinski definition) is 6. The Morgan fingerprint density at radius 2 is 1.86 bits per heavy atom. The Morgan fingerprint density at radius 3 is 2.38 bits per heavy atom. The Morgan fingerprint density at radius 1 is 1.21 bits per heavy atom. The molecule has 0 aromatic heterocycles. The lowest BCUT2D eigenvalue weighted by molar-refractivity contribution is 0.0696. The number of sulfonamides is 1. The molecule has 0 saturated carbocycles. The fraction of sp³-hybridized carbons (Fsp3) is 0.632. The third kappa shape index (κ3) is 5.78. The number of aryl methyl sites for hydroxylation is 1. The van der Waals surface area contributed by atoms with Crippen LogP contribution in [-0.4, -0.2) is 80.8 Å². The molecule has 1 heterocycles. The zero-order valence-corrected chi connectivity index (χ0v) is 18.8. The molecular weight excluding hydrogens is 416 g/mol. The van der Waals surface area contributed by atoms with Gasteiger partial charge in [0.2, 0.25) is 10.0 Å². The average molecular weight is 447 g/mol. The predicted molar refractivity (Wildman–Crippen MR) is 111 cm³/mol. The fourth-order valence-electron chi connectivity index (χ4n) is 3.63. The first kappa shape index (κ1) is 23.8. The Hall–Kier alpha value is -1.49. The van der Waals surface area contributed by atoms with Crippen molar-refractivity contribution in [3.8, 4) is 0 Å². The van der Waals surface area contributed by atoms with Crippen LogP contribution < -0.4 is 0 Å². The summed E-state index contributed by atoms with van der Waals surface area (Å²) in [6, 6.07) is 3.36. The van der Waals surface area contributed by atoms with Crippen LogP contribution in [0.25, 0.3) is 0 Å². The van der Waals surface area contributed by atoms with Crippen molar-refractivity contribution in [2.24, 2.45) is 0 Å². The summed E-state index contributed by atoms with van der Waals surface area (Å²) in [5.74, 6) is -1.44. The van der Waals surface area contributed by atoms with Crippen molar-refractivity contribution in [1.29, 1.82) is 0 Å². The molecule has 0 amide bonds. The van der Waals surface area contributed by atoms with Gasteiger partial charge in [0.05, 0.1) is 22.0 Å². The van der Waals surface area contributed by atoms with Gasteiger partial charge in [0.15, 0.2) is 9.84 Å². The van der Waals surface area contributed by atoms with Gasteiger partial charge in [-0.2, -0.15) is 4.31 Å². The van der Waals surface area contributed by atoms with Crippen molar-refractivity contribution in [2.75, 3.05) is 37.7 Å². The zero-order valence-electron chi connectivity index (χ0n) is 17.2. The van der Waals surface area contributed by atoms with E-state index in [-0.39, 0.29) is 34.9 Å². The highest BCUT2D eigenvalue weighted by atomic mass is 32.2. The van der Waals surface area contributed by atoms with Gasteiger partial charge in [-0.25, -0.2) is 21.6 Å². The summed E-state index contributed by atoms with van der Waals surface area (Å²) in [4.78, 5) is 13.4. The van der Waals surface area contributed by atoms with Gasteiger partial charge in [0.25, 0.3) is 0 Å². The normalized spacial score (nSPS) is 19.1. The van der Waals surface area contributed by atoms with Gasteiger partial charge in [0.1, 0.15) is 0 Å². The maximum absolute atomic E-state index is 13.5. The van der Waals surface area contributed by atoms with E-state index < -0.39 is 31.9 Å². The summed E-state index contributed by atoms with van der Waals surface area (Å²) in [5, 5.41) is 9.25. The molecule has 1 aromatic rings. The first-order chi connectivity index (χ1) is 13.5. The predicted octanol–water partition coefficient (Wildman–Crippen LogP) is 1.60. The van der Waals surface area contributed by atoms with Gasteiger partial charge >= 0.3 is 5.97 Å². The Bertz CT molecular complexity index is 939. The molecule has 1 saturated heterocycles. The van der Waals surface area contributed by atoms with Crippen molar-refractivity contribution in [3.63, 3.8) is 0 Å². The Kier molecular flexibility index (Phi) is 7.83. The number of rotatable bonds is 10. The maximum atomic E-state index is 13.5. The minimum atomic E-state index is -4.05. The third-order valence-corrected chi connectivity index (χ3v) is 9.23. The highest BCUT2D eigenvalue weighted by molar-refractivity contribution is 7.92. The van der Waals surface area contributed by atoms with E-state index in [1.54, 1.807) is 6.92 Å². The van der Waals surface area contributed by atoms with Crippen LogP contribution in [0.5, 0.6) is 0 Å². The van der Waals surface area contributed by atoms with Gasteiger partial charge in [-0.15, -0.1) is 0 Å². The molecule has 2 rings (SSSR count). The van der Waals surface area contributed by atoms with E-state index in [0.29, 0.717) is 18.5 Å². The summed E-state index contributed by atoms with van der Waals surface area (Å²) in [6.45, 7) is 8.26. The number of hydrogen-bond donors (Lipinski definition) is 1. The molecule has 0 unspecified atom stereocenters. The molecule has 1 aliphatic heterocycles. The largest absolute Gasteiger partial charge is 0.478 e. The summed E-state index contributed by atoms with van der Waals surface area (Å²) in [6.07, 6.45) is 0.819. The minimum Gasteiger partial charge on any atom is -0.478 e. The molecular formula is C19H30N2O6S2. The van der Waals surface area contributed by atoms with Gasteiger partial charge in [-0.3, -0.25) is 0 Å². The number of nitrogens with zero attached hydrogens (tertiary/aromatic N) is 2. The first-order valence-electron chi connectivity index (χ1n) is 9.80. The summed E-state index contributed by atoms with van der Waals surface area (Å²) >= 11 is 0. The second-order valence-electron chi connectivity index (χ2n) is 7.34. The van der Waals surface area contributed by atoms with E-state index in [1.165, 1.54) is 16.4 Å². The van der Waals surface area contributed by atoms with Crippen molar-refractivity contribution >= 4 is 25.8 Å². The molecule has 0 radical (unpaired) electrons. The topological polar surface area (TPSA) is 112 Å². The number of carbonyl (C=O) groups is 1. The molecule has 10 heteroatoms. The van der Waals surface area contributed by atoms with Crippen LogP contribution in [0.3, 0.4) is 0 Å². The maximum Gasteiger partial charge on any atom is 0.335 e. The number of aromatic carboxylic acids is 1. The summed E-state index contributed by atoms with van der Waals surface area (Å²) in [5.41, 5.74) is 0.320. The molecule has 0 aliphatic carbocycles. The van der Waals surface area contributed by atoms with E-state index >= 15 is 0 Å². The van der Waals surface area contributed by atoms with E-state index in [4.69, 9.17) is 0 Å². The number of benzene rings is 1. The lowest BCUT2D eigenvalue weighted by atomic mass is 10.1. The van der Waals surface area contributed by atoms with Crippen LogP contribution in [0.15, 0.2) is 23.1 Å². The average Bonchev–Trinajstić information content (AvgIpc) is 3.01. The molecule has 8 nitrogen and oxygen atoms in total. The smallest absolute Gasteiger partial charge is 0.335 e. The van der Waals surface area contributed by atoms with Gasteiger partial charge in [-0.1, -0.05) is 19.9 Å². The van der Waals surface area contributed by atoms with Crippen LogP contribution >= 0.6 is 0 Å². The SMILES string of the molecule is CCN(CC)CCCN([C@@H]1CCS(=O)(=O)C1)S(=O)(=O)c1cc(C(=O)O)ccc1C. The molecule has 1 atom stereocenters. The van der Waals surface area contributed by atoms with Crippen LogP contribution in [-0.2, 0) is 19.9 Å². The molecule has 1 N–H and O–H groups in total. The first-order valence-corrected chi connectivity index (χ1v) is 13.1. The Balaban J connectivity index is 2.38. The lowest BCUT2D eigenvalue weighted by Crippen LogP contribution is -2.43. The summed E-state index contributed by atoms with van der Waals surface area (Å²) in [7, 11) is -7.32. The van der Waals surface area contributed by atoms with E-state index in [0.717, 1.165) is 19.2 Å². The molecule has 29 heavy (non-hydrogen) atoms. The van der Waals surface area contributed by atoms with Crippen LogP contribution in [0, 0.1) is 6.92 Å².